The predicted octanol–water partition coefficient (Wildman–Crippen LogP) is 3.98. The molecular formula is C28H24F3N7O3S. The molecule has 2 N–H and O–H groups in total. The molecule has 1 unspecified atom stereocenters. The van der Waals surface area contributed by atoms with Crippen LogP contribution in [0.15, 0.2) is 54.9 Å². The number of piperazine rings is 1. The van der Waals surface area contributed by atoms with Gasteiger partial charge in [-0.25, -0.2) is 14.8 Å². The van der Waals surface area contributed by atoms with Crippen molar-refractivity contribution in [3.63, 3.8) is 0 Å². The number of nitrogens with one attached hydrogen (secondary N) is 2. The molecule has 1 aliphatic heterocycles. The number of halogens is 3. The smallest absolute Gasteiger partial charge is 0.417 e. The number of nitrogens with zero attached hydrogens (tertiary/aromatic N) is 5. The van der Waals surface area contributed by atoms with E-state index in [-0.39, 0.29) is 45.2 Å². The zero-order valence-electron chi connectivity index (χ0n) is 22.2. The van der Waals surface area contributed by atoms with Crippen LogP contribution in [-0.4, -0.2) is 58.6 Å². The van der Waals surface area contributed by atoms with Crippen molar-refractivity contribution in [1.29, 1.82) is 0 Å². The van der Waals surface area contributed by atoms with E-state index in [1.165, 1.54) is 42.7 Å². The Balaban J connectivity index is 1.44. The first-order valence-electron chi connectivity index (χ1n) is 13.1. The highest BCUT2D eigenvalue weighted by atomic mass is 32.1. The molecule has 4 aromatic heterocycles. The first kappa shape index (κ1) is 27.9. The fourth-order valence-corrected chi connectivity index (χ4v) is 5.85. The molecule has 1 atom stereocenters. The van der Waals surface area contributed by atoms with Crippen LogP contribution in [0.3, 0.4) is 0 Å². The van der Waals surface area contributed by atoms with Crippen molar-refractivity contribution in [2.45, 2.75) is 13.1 Å². The summed E-state index contributed by atoms with van der Waals surface area (Å²) in [5.41, 5.74) is -0.0806. The molecule has 42 heavy (non-hydrogen) atoms. The zero-order chi connectivity index (χ0) is 29.4. The van der Waals surface area contributed by atoms with Crippen LogP contribution >= 0.6 is 11.3 Å². The number of thiophene rings is 1. The van der Waals surface area contributed by atoms with E-state index in [0.29, 0.717) is 42.4 Å². The topological polar surface area (TPSA) is 121 Å². The molecule has 0 bridgehead atoms. The SMILES string of the molecule is CCOc1nc(N2CCNCC2)nc2c1sc1nc(-c3ccc([NH+]([O-])C(=O)c4cccnc4)cc3)cc(C(F)(F)F)c12. The van der Waals surface area contributed by atoms with Crippen LogP contribution in [0.25, 0.3) is 31.7 Å². The summed E-state index contributed by atoms with van der Waals surface area (Å²) in [6.07, 6.45) is -1.92. The third-order valence-electron chi connectivity index (χ3n) is 6.80. The molecule has 10 nitrogen and oxygen atoms in total. The number of hydroxylamine groups is 1. The highest BCUT2D eigenvalue weighted by Gasteiger charge is 2.36. The number of ether oxygens (including phenoxy) is 1. The lowest BCUT2D eigenvalue weighted by Gasteiger charge is -2.27. The minimum absolute atomic E-state index is 0.0622. The van der Waals surface area contributed by atoms with Gasteiger partial charge < -0.3 is 20.2 Å². The number of quaternary nitrogens is 1. The van der Waals surface area contributed by atoms with Gasteiger partial charge in [-0.3, -0.25) is 10.0 Å². The third kappa shape index (κ3) is 5.25. The van der Waals surface area contributed by atoms with Gasteiger partial charge in [-0.1, -0.05) is 0 Å². The molecule has 0 saturated carbocycles. The van der Waals surface area contributed by atoms with Gasteiger partial charge in [0.2, 0.25) is 11.8 Å². The number of benzene rings is 1. The lowest BCUT2D eigenvalue weighted by atomic mass is 10.1. The summed E-state index contributed by atoms with van der Waals surface area (Å²) in [6, 6.07) is 9.76. The highest BCUT2D eigenvalue weighted by molar-refractivity contribution is 7.25. The first-order valence-corrected chi connectivity index (χ1v) is 14.0. The minimum atomic E-state index is -4.71. The summed E-state index contributed by atoms with van der Waals surface area (Å²) in [5.74, 6) is -0.202. The van der Waals surface area contributed by atoms with Gasteiger partial charge >= 0.3 is 12.1 Å². The Kier molecular flexibility index (Phi) is 7.45. The Morgan fingerprint density at radius 1 is 1.14 bits per heavy atom. The first-order chi connectivity index (χ1) is 20.2. The molecule has 5 heterocycles. The van der Waals surface area contributed by atoms with Crippen LogP contribution in [-0.2, 0) is 6.18 Å². The van der Waals surface area contributed by atoms with E-state index in [1.54, 1.807) is 13.0 Å². The number of anilines is 1. The molecule has 6 rings (SSSR count). The molecule has 1 saturated heterocycles. The van der Waals surface area contributed by atoms with Gasteiger partial charge in [-0.05, 0) is 37.3 Å². The molecule has 0 aliphatic carbocycles. The van der Waals surface area contributed by atoms with Gasteiger partial charge in [-0.2, -0.15) is 18.2 Å². The van der Waals surface area contributed by atoms with Crippen LogP contribution < -0.4 is 20.0 Å². The second kappa shape index (κ2) is 11.2. The number of hydrogen-bond donors (Lipinski definition) is 2. The summed E-state index contributed by atoms with van der Waals surface area (Å²) in [7, 11) is 0. The van der Waals surface area contributed by atoms with E-state index < -0.39 is 22.7 Å². The number of hydrogen-bond acceptors (Lipinski definition) is 10. The molecule has 14 heteroatoms. The van der Waals surface area contributed by atoms with Crippen molar-refractivity contribution in [3.05, 3.63) is 71.2 Å². The maximum atomic E-state index is 14.5. The standard InChI is InChI=1S/C28H24F3N7O3S/c1-2-41-24-23-22(35-27(36-24)37-12-10-32-11-13-37)21-19(28(29,30)31)14-20(34-25(21)42-23)16-5-7-18(8-6-16)38(40)26(39)17-4-3-9-33-15-17/h3-9,14-15,32,38H,2,10-13H2,1H3. The summed E-state index contributed by atoms with van der Waals surface area (Å²) in [4.78, 5) is 32.1. The van der Waals surface area contributed by atoms with Crippen molar-refractivity contribution in [1.82, 2.24) is 25.3 Å². The number of rotatable bonds is 6. The van der Waals surface area contributed by atoms with Gasteiger partial charge in [-0.15, -0.1) is 11.3 Å². The Bertz CT molecular complexity index is 1760. The Hall–Kier alpha value is -4.24. The number of amides is 1. The van der Waals surface area contributed by atoms with Gasteiger partial charge in [0.25, 0.3) is 0 Å². The number of carbonyl (C=O) groups excluding carboxylic acids is 1. The average molecular weight is 596 g/mol. The van der Waals surface area contributed by atoms with Gasteiger partial charge in [0.1, 0.15) is 20.7 Å². The molecular weight excluding hydrogens is 571 g/mol. The lowest BCUT2D eigenvalue weighted by molar-refractivity contribution is -0.679. The van der Waals surface area contributed by atoms with E-state index in [1.807, 2.05) is 4.90 Å². The molecule has 0 spiro atoms. The van der Waals surface area contributed by atoms with Gasteiger partial charge in [0.05, 0.1) is 28.8 Å². The van der Waals surface area contributed by atoms with E-state index >= 15 is 0 Å². The Morgan fingerprint density at radius 3 is 2.57 bits per heavy atom. The van der Waals surface area contributed by atoms with Crippen LogP contribution in [0.4, 0.5) is 24.8 Å². The molecule has 216 valence electrons. The van der Waals surface area contributed by atoms with Gasteiger partial charge in [0, 0.05) is 56.3 Å². The third-order valence-corrected chi connectivity index (χ3v) is 7.86. The molecule has 0 radical (unpaired) electrons. The van der Waals surface area contributed by atoms with Crippen LogP contribution in [0, 0.1) is 5.21 Å². The number of aromatic nitrogens is 4. The summed E-state index contributed by atoms with van der Waals surface area (Å²) in [6.45, 7) is 4.69. The molecule has 5 aromatic rings. The van der Waals surface area contributed by atoms with Crippen molar-refractivity contribution < 1.29 is 27.8 Å². The normalized spacial score (nSPS) is 14.8. The van der Waals surface area contributed by atoms with Crippen molar-refractivity contribution in [3.8, 4) is 17.1 Å². The maximum Gasteiger partial charge on any atom is 0.417 e. The van der Waals surface area contributed by atoms with Crippen molar-refractivity contribution >= 4 is 49.3 Å². The Morgan fingerprint density at radius 2 is 1.90 bits per heavy atom. The largest absolute Gasteiger partial charge is 0.621 e. The van der Waals surface area contributed by atoms with Crippen LogP contribution in [0.5, 0.6) is 5.88 Å². The Labute approximate surface area is 241 Å². The second-order valence-electron chi connectivity index (χ2n) is 9.49. The lowest BCUT2D eigenvalue weighted by Crippen LogP contribution is -3.05. The fourth-order valence-electron chi connectivity index (χ4n) is 4.76. The van der Waals surface area contributed by atoms with E-state index in [4.69, 9.17) is 4.74 Å². The number of pyridine rings is 2. The second-order valence-corrected chi connectivity index (χ2v) is 10.5. The molecule has 1 fully saturated rings. The molecule has 1 aromatic carbocycles. The number of fused-ring (bicyclic) bond motifs is 3. The average Bonchev–Trinajstić information content (AvgIpc) is 3.39. The quantitative estimate of drug-likeness (QED) is 0.281. The minimum Gasteiger partial charge on any atom is -0.621 e. The highest BCUT2D eigenvalue weighted by Crippen LogP contribution is 2.45. The van der Waals surface area contributed by atoms with Crippen molar-refractivity contribution in [2.75, 3.05) is 37.7 Å². The predicted molar refractivity (Wildman–Crippen MR) is 152 cm³/mol. The zero-order valence-corrected chi connectivity index (χ0v) is 23.1. The maximum absolute atomic E-state index is 14.5. The molecule has 1 aliphatic rings. The summed E-state index contributed by atoms with van der Waals surface area (Å²) >= 11 is 1.04. The fraction of sp³-hybridized carbons (Fsp3) is 0.250. The molecule has 1 amide bonds. The van der Waals surface area contributed by atoms with Crippen molar-refractivity contribution in [2.24, 2.45) is 0 Å². The van der Waals surface area contributed by atoms with E-state index in [2.05, 4.69) is 25.3 Å². The van der Waals surface area contributed by atoms with Crippen LogP contribution in [0.2, 0.25) is 0 Å². The van der Waals surface area contributed by atoms with Gasteiger partial charge in [0.15, 0.2) is 0 Å². The van der Waals surface area contributed by atoms with Crippen LogP contribution in [0.1, 0.15) is 22.8 Å². The monoisotopic (exact) mass is 595 g/mol. The summed E-state index contributed by atoms with van der Waals surface area (Å²) < 4.78 is 49.8. The van der Waals surface area contributed by atoms with E-state index in [9.17, 15) is 23.2 Å². The number of alkyl halides is 3. The summed E-state index contributed by atoms with van der Waals surface area (Å²) in [5, 5.41) is 15.1. The van der Waals surface area contributed by atoms with E-state index in [0.717, 1.165) is 17.4 Å². The number of carbonyl (C=O) groups is 1.